The molecule has 2 rings (SSSR count). The summed E-state index contributed by atoms with van der Waals surface area (Å²) in [5.74, 6) is -2.69. The van der Waals surface area contributed by atoms with E-state index in [1.165, 1.54) is 48.5 Å². The molecule has 0 bridgehead atoms. The molecule has 2 aromatic rings. The molecule has 14 nitrogen and oxygen atoms in total. The van der Waals surface area contributed by atoms with Crippen molar-refractivity contribution in [2.24, 2.45) is 32.9 Å². The highest BCUT2D eigenvalue weighted by molar-refractivity contribution is 5.97. The van der Waals surface area contributed by atoms with E-state index in [4.69, 9.17) is 32.4 Å². The van der Waals surface area contributed by atoms with Gasteiger partial charge in [-0.05, 0) is 48.5 Å². The maximum absolute atomic E-state index is 12.1. The van der Waals surface area contributed by atoms with Crippen LogP contribution in [0.15, 0.2) is 58.5 Å². The number of benzene rings is 2. The number of carbonyl (C=O) groups excluding carboxylic acids is 4. The van der Waals surface area contributed by atoms with E-state index in [2.05, 4.69) is 20.6 Å². The van der Waals surface area contributed by atoms with Gasteiger partial charge in [0.05, 0.1) is 11.4 Å². The van der Waals surface area contributed by atoms with Gasteiger partial charge in [0, 0.05) is 11.1 Å². The predicted octanol–water partition coefficient (Wildman–Crippen LogP) is -1.26. The fourth-order valence-corrected chi connectivity index (χ4v) is 2.59. The Hall–Kier alpha value is -5.14. The van der Waals surface area contributed by atoms with Crippen molar-refractivity contribution in [1.29, 1.82) is 0 Å². The average molecular weight is 499 g/mol. The molecule has 0 unspecified atom stereocenters. The Kier molecular flexibility index (Phi) is 10.2. The molecule has 0 saturated heterocycles. The first-order valence-corrected chi connectivity index (χ1v) is 10.4. The minimum atomic E-state index is -0.728. The van der Waals surface area contributed by atoms with Gasteiger partial charge in [0.15, 0.2) is 11.9 Å². The van der Waals surface area contributed by atoms with Gasteiger partial charge in [0.25, 0.3) is 11.8 Å². The van der Waals surface area contributed by atoms with E-state index in [-0.39, 0.29) is 49.3 Å². The molecule has 2 amide bonds. The Morgan fingerprint density at radius 1 is 0.611 bits per heavy atom. The highest BCUT2D eigenvalue weighted by Crippen LogP contribution is 2.13. The number of hydrogen-bond acceptors (Lipinski definition) is 8. The third-order valence-electron chi connectivity index (χ3n) is 4.17. The van der Waals surface area contributed by atoms with Crippen molar-refractivity contribution in [2.45, 2.75) is 0 Å². The molecule has 0 fully saturated rings. The lowest BCUT2D eigenvalue weighted by Crippen LogP contribution is -2.32. The average Bonchev–Trinajstić information content (AvgIpc) is 2.84. The highest BCUT2D eigenvalue weighted by Gasteiger charge is 2.11. The van der Waals surface area contributed by atoms with Crippen molar-refractivity contribution < 1.29 is 28.7 Å². The standard InChI is InChI=1S/C22H26N8O6/c23-21(24)29-15-5-1-13(2-6-15)19(33)27-11-17(31)35-9-10-36-18(32)12-28-20(34)14-3-7-16(8-4-14)30-22(25)26/h1-8H,9-12H2,(H,27,33)(H,28,34)(H4,23,24,29)(H4,25,26,30). The summed E-state index contributed by atoms with van der Waals surface area (Å²) in [5, 5.41) is 4.79. The molecule has 0 saturated carbocycles. The van der Waals surface area contributed by atoms with Gasteiger partial charge < -0.3 is 43.0 Å². The molecule has 14 heteroatoms. The molecular formula is C22H26N8O6. The van der Waals surface area contributed by atoms with E-state index in [9.17, 15) is 19.2 Å². The first-order chi connectivity index (χ1) is 17.1. The Balaban J connectivity index is 1.62. The van der Waals surface area contributed by atoms with Crippen molar-refractivity contribution in [3.63, 3.8) is 0 Å². The van der Waals surface area contributed by atoms with Crippen LogP contribution in [0, 0.1) is 0 Å². The summed E-state index contributed by atoms with van der Waals surface area (Å²) in [6.07, 6.45) is 0. The number of nitrogens with zero attached hydrogens (tertiary/aromatic N) is 2. The van der Waals surface area contributed by atoms with Gasteiger partial charge >= 0.3 is 11.9 Å². The van der Waals surface area contributed by atoms with Crippen LogP contribution in [0.4, 0.5) is 11.4 Å². The number of esters is 2. The number of guanidine groups is 2. The molecule has 2 aromatic carbocycles. The Labute approximate surface area is 205 Å². The first kappa shape index (κ1) is 27.1. The summed E-state index contributed by atoms with van der Waals surface area (Å²) in [6.45, 7) is -1.23. The first-order valence-electron chi connectivity index (χ1n) is 10.4. The summed E-state index contributed by atoms with van der Waals surface area (Å²) in [6, 6.07) is 12.1. The van der Waals surface area contributed by atoms with E-state index in [1.54, 1.807) is 0 Å². The number of aliphatic imine (C=N–C) groups is 2. The number of rotatable bonds is 11. The Bertz CT molecular complexity index is 1050. The van der Waals surface area contributed by atoms with Gasteiger partial charge in [-0.3, -0.25) is 19.2 Å². The molecule has 0 aliphatic rings. The zero-order valence-corrected chi connectivity index (χ0v) is 19.1. The van der Waals surface area contributed by atoms with Gasteiger partial charge in [-0.15, -0.1) is 0 Å². The largest absolute Gasteiger partial charge is 0.461 e. The van der Waals surface area contributed by atoms with Crippen molar-refractivity contribution in [2.75, 3.05) is 26.3 Å². The van der Waals surface area contributed by atoms with Gasteiger partial charge in [0.1, 0.15) is 26.3 Å². The number of carbonyl (C=O) groups is 4. The summed E-state index contributed by atoms with van der Waals surface area (Å²) in [5.41, 5.74) is 22.6. The van der Waals surface area contributed by atoms with E-state index in [0.29, 0.717) is 11.4 Å². The second-order valence-corrected chi connectivity index (χ2v) is 6.97. The second-order valence-electron chi connectivity index (χ2n) is 6.97. The Morgan fingerprint density at radius 3 is 1.25 bits per heavy atom. The minimum Gasteiger partial charge on any atom is -0.461 e. The zero-order chi connectivity index (χ0) is 26.5. The monoisotopic (exact) mass is 498 g/mol. The van der Waals surface area contributed by atoms with Crippen LogP contribution >= 0.6 is 0 Å². The van der Waals surface area contributed by atoms with E-state index >= 15 is 0 Å². The highest BCUT2D eigenvalue weighted by atomic mass is 16.6. The fraction of sp³-hybridized carbons (Fsp3) is 0.182. The Morgan fingerprint density at radius 2 is 0.944 bits per heavy atom. The third-order valence-corrected chi connectivity index (χ3v) is 4.17. The van der Waals surface area contributed by atoms with Crippen molar-refractivity contribution >= 4 is 47.0 Å². The summed E-state index contributed by atoms with van der Waals surface area (Å²) in [7, 11) is 0. The molecule has 0 spiro atoms. The van der Waals surface area contributed by atoms with Crippen LogP contribution in [0.1, 0.15) is 20.7 Å². The maximum atomic E-state index is 12.1. The van der Waals surface area contributed by atoms with Crippen molar-refractivity contribution in [3.05, 3.63) is 59.7 Å². The fourth-order valence-electron chi connectivity index (χ4n) is 2.59. The molecule has 10 N–H and O–H groups in total. The minimum absolute atomic E-state index is 0.113. The number of hydrogen-bond donors (Lipinski definition) is 6. The zero-order valence-electron chi connectivity index (χ0n) is 19.1. The summed E-state index contributed by atoms with van der Waals surface area (Å²) >= 11 is 0. The van der Waals surface area contributed by atoms with E-state index in [0.717, 1.165) is 0 Å². The van der Waals surface area contributed by atoms with Crippen LogP contribution in [0.5, 0.6) is 0 Å². The van der Waals surface area contributed by atoms with Crippen LogP contribution in [0.2, 0.25) is 0 Å². The molecule has 0 aliphatic carbocycles. The molecule has 0 heterocycles. The second kappa shape index (κ2) is 13.5. The van der Waals surface area contributed by atoms with Crippen LogP contribution in [-0.2, 0) is 19.1 Å². The van der Waals surface area contributed by atoms with Crippen molar-refractivity contribution in [1.82, 2.24) is 10.6 Å². The van der Waals surface area contributed by atoms with Gasteiger partial charge in [-0.1, -0.05) is 0 Å². The van der Waals surface area contributed by atoms with E-state index < -0.39 is 23.8 Å². The van der Waals surface area contributed by atoms with Gasteiger partial charge in [-0.25, -0.2) is 9.98 Å². The molecule has 0 radical (unpaired) electrons. The number of amides is 2. The lowest BCUT2D eigenvalue weighted by molar-refractivity contribution is -0.150. The molecular weight excluding hydrogens is 472 g/mol. The van der Waals surface area contributed by atoms with Crippen molar-refractivity contribution in [3.8, 4) is 0 Å². The SMILES string of the molecule is NC(N)=Nc1ccc(C(=O)NCC(=O)OCCOC(=O)CNC(=O)c2ccc(N=C(N)N)cc2)cc1. The smallest absolute Gasteiger partial charge is 0.325 e. The normalized spacial score (nSPS) is 9.89. The number of ether oxygens (including phenoxy) is 2. The maximum Gasteiger partial charge on any atom is 0.325 e. The molecule has 36 heavy (non-hydrogen) atoms. The molecule has 190 valence electrons. The predicted molar refractivity (Wildman–Crippen MR) is 130 cm³/mol. The van der Waals surface area contributed by atoms with Crippen LogP contribution in [-0.4, -0.2) is 62.0 Å². The van der Waals surface area contributed by atoms with Gasteiger partial charge in [0.2, 0.25) is 0 Å². The lowest BCUT2D eigenvalue weighted by atomic mass is 10.2. The number of nitrogens with one attached hydrogen (secondary N) is 2. The van der Waals surface area contributed by atoms with E-state index in [1.807, 2.05) is 0 Å². The topological polar surface area (TPSA) is 240 Å². The van der Waals surface area contributed by atoms with Crippen LogP contribution in [0.3, 0.4) is 0 Å². The third kappa shape index (κ3) is 9.78. The summed E-state index contributed by atoms with van der Waals surface area (Å²) in [4.78, 5) is 55.3. The van der Waals surface area contributed by atoms with Crippen LogP contribution < -0.4 is 33.6 Å². The van der Waals surface area contributed by atoms with Crippen LogP contribution in [0.25, 0.3) is 0 Å². The number of nitrogens with two attached hydrogens (primary N) is 4. The molecule has 0 aromatic heterocycles. The molecule has 0 aliphatic heterocycles. The lowest BCUT2D eigenvalue weighted by Gasteiger charge is -2.08. The van der Waals surface area contributed by atoms with Gasteiger partial charge in [-0.2, -0.15) is 0 Å². The summed E-state index contributed by atoms with van der Waals surface area (Å²) < 4.78 is 9.77. The molecule has 0 atom stereocenters. The quantitative estimate of drug-likeness (QED) is 0.0929.